The number of aliphatic hydroxyl groups is 1. The Morgan fingerprint density at radius 2 is 1.94 bits per heavy atom. The summed E-state index contributed by atoms with van der Waals surface area (Å²) in [6.45, 7) is 2.09. The highest BCUT2D eigenvalue weighted by molar-refractivity contribution is 5.73. The normalized spacial score (nSPS) is 34.8. The molecular formula is C13H23NO3. The number of hydrogen-bond acceptors (Lipinski definition) is 3. The topological polar surface area (TPSA) is 60.8 Å². The van der Waals surface area contributed by atoms with Crippen molar-refractivity contribution in [3.05, 3.63) is 0 Å². The van der Waals surface area contributed by atoms with Crippen molar-refractivity contribution in [2.24, 2.45) is 0 Å². The van der Waals surface area contributed by atoms with Crippen molar-refractivity contribution in [2.75, 3.05) is 0 Å². The van der Waals surface area contributed by atoms with Gasteiger partial charge in [0, 0.05) is 12.1 Å². The first-order valence-electron chi connectivity index (χ1n) is 6.81. The van der Waals surface area contributed by atoms with Gasteiger partial charge in [0.05, 0.1) is 6.10 Å². The lowest BCUT2D eigenvalue weighted by atomic mass is 9.96. The third-order valence-electron chi connectivity index (χ3n) is 4.24. The fourth-order valence-electron chi connectivity index (χ4n) is 3.49. The Balaban J connectivity index is 2.06. The molecule has 4 heteroatoms. The molecule has 2 bridgehead atoms. The Morgan fingerprint density at radius 1 is 1.35 bits per heavy atom. The second-order valence-corrected chi connectivity index (χ2v) is 5.45. The number of fused-ring (bicyclic) bond motifs is 2. The molecule has 0 amide bonds. The Labute approximate surface area is 103 Å². The van der Waals surface area contributed by atoms with Crippen LogP contribution in [0.3, 0.4) is 0 Å². The number of aliphatic carboxylic acids is 1. The van der Waals surface area contributed by atoms with Crippen LogP contribution in [-0.4, -0.2) is 45.3 Å². The molecule has 0 spiro atoms. The quantitative estimate of drug-likeness (QED) is 0.768. The third kappa shape index (κ3) is 2.63. The van der Waals surface area contributed by atoms with Gasteiger partial charge < -0.3 is 10.2 Å². The molecule has 0 aliphatic carbocycles. The van der Waals surface area contributed by atoms with Gasteiger partial charge in [0.25, 0.3) is 0 Å². The van der Waals surface area contributed by atoms with E-state index in [1.807, 2.05) is 0 Å². The van der Waals surface area contributed by atoms with Crippen LogP contribution in [0.2, 0.25) is 0 Å². The molecule has 0 aromatic rings. The van der Waals surface area contributed by atoms with E-state index in [1.54, 1.807) is 0 Å². The maximum Gasteiger partial charge on any atom is 0.320 e. The monoisotopic (exact) mass is 241 g/mol. The minimum Gasteiger partial charge on any atom is -0.480 e. The Bertz CT molecular complexity index is 268. The van der Waals surface area contributed by atoms with Crippen molar-refractivity contribution in [1.82, 2.24) is 4.90 Å². The molecule has 0 radical (unpaired) electrons. The van der Waals surface area contributed by atoms with Gasteiger partial charge in [0.15, 0.2) is 0 Å². The van der Waals surface area contributed by atoms with Crippen LogP contribution in [0.4, 0.5) is 0 Å². The number of hydrogen-bond donors (Lipinski definition) is 2. The Morgan fingerprint density at radius 3 is 2.41 bits per heavy atom. The van der Waals surface area contributed by atoms with E-state index in [4.69, 9.17) is 0 Å². The molecule has 0 aromatic heterocycles. The van der Waals surface area contributed by atoms with Gasteiger partial charge in [-0.15, -0.1) is 0 Å². The predicted molar refractivity (Wildman–Crippen MR) is 64.8 cm³/mol. The fraction of sp³-hybridized carbons (Fsp3) is 0.923. The predicted octanol–water partition coefficient (Wildman–Crippen LogP) is 1.62. The van der Waals surface area contributed by atoms with Crippen LogP contribution in [0.5, 0.6) is 0 Å². The summed E-state index contributed by atoms with van der Waals surface area (Å²) in [6, 6.07) is 0.253. The maximum absolute atomic E-state index is 11.4. The molecule has 0 aromatic carbocycles. The van der Waals surface area contributed by atoms with Crippen molar-refractivity contribution >= 4 is 5.97 Å². The molecular weight excluding hydrogens is 218 g/mol. The minimum absolute atomic E-state index is 0.218. The van der Waals surface area contributed by atoms with Gasteiger partial charge in [-0.3, -0.25) is 9.69 Å². The zero-order valence-corrected chi connectivity index (χ0v) is 10.5. The van der Waals surface area contributed by atoms with Crippen molar-refractivity contribution in [2.45, 2.75) is 76.1 Å². The number of carboxylic acids is 1. The van der Waals surface area contributed by atoms with E-state index in [1.165, 1.54) is 0 Å². The van der Waals surface area contributed by atoms with Gasteiger partial charge in [-0.05, 0) is 32.1 Å². The van der Waals surface area contributed by atoms with E-state index in [0.717, 1.165) is 44.9 Å². The first-order chi connectivity index (χ1) is 8.13. The summed E-state index contributed by atoms with van der Waals surface area (Å²) < 4.78 is 0. The highest BCUT2D eigenvalue weighted by atomic mass is 16.4. The van der Waals surface area contributed by atoms with E-state index in [9.17, 15) is 15.0 Å². The standard InChI is InChI=1S/C13H23NO3/c1-2-3-4-12(13(16)17)14-9-5-6-10(14)8-11(15)7-9/h9-12,15H,2-8H2,1H3,(H,16,17). The second-order valence-electron chi connectivity index (χ2n) is 5.45. The van der Waals surface area contributed by atoms with Crippen LogP contribution in [0.15, 0.2) is 0 Å². The lowest BCUT2D eigenvalue weighted by Crippen LogP contribution is -2.53. The maximum atomic E-state index is 11.4. The number of nitrogens with zero attached hydrogens (tertiary/aromatic N) is 1. The van der Waals surface area contributed by atoms with E-state index in [2.05, 4.69) is 11.8 Å². The summed E-state index contributed by atoms with van der Waals surface area (Å²) in [6.07, 6.45) is 6.15. The summed E-state index contributed by atoms with van der Waals surface area (Å²) in [5.74, 6) is -0.688. The second kappa shape index (κ2) is 5.36. The van der Waals surface area contributed by atoms with Crippen molar-refractivity contribution < 1.29 is 15.0 Å². The molecule has 98 valence electrons. The Kier molecular flexibility index (Phi) is 4.05. The van der Waals surface area contributed by atoms with Gasteiger partial charge in [-0.2, -0.15) is 0 Å². The first kappa shape index (κ1) is 12.8. The van der Waals surface area contributed by atoms with Crippen molar-refractivity contribution in [3.8, 4) is 0 Å². The number of carboxylic acid groups (broad SMARTS) is 1. The average Bonchev–Trinajstić information content (AvgIpc) is 2.53. The summed E-state index contributed by atoms with van der Waals surface area (Å²) >= 11 is 0. The third-order valence-corrected chi connectivity index (χ3v) is 4.24. The molecule has 3 atom stereocenters. The van der Waals surface area contributed by atoms with Gasteiger partial charge in [0.2, 0.25) is 0 Å². The molecule has 0 saturated carbocycles. The first-order valence-corrected chi connectivity index (χ1v) is 6.81. The van der Waals surface area contributed by atoms with Gasteiger partial charge in [-0.25, -0.2) is 0 Å². The lowest BCUT2D eigenvalue weighted by Gasteiger charge is -2.40. The fourth-order valence-corrected chi connectivity index (χ4v) is 3.49. The molecule has 2 N–H and O–H groups in total. The molecule has 4 nitrogen and oxygen atoms in total. The number of aliphatic hydroxyl groups excluding tert-OH is 1. The van der Waals surface area contributed by atoms with Crippen molar-refractivity contribution in [3.63, 3.8) is 0 Å². The van der Waals surface area contributed by atoms with Crippen LogP contribution in [-0.2, 0) is 4.79 Å². The van der Waals surface area contributed by atoms with Gasteiger partial charge >= 0.3 is 5.97 Å². The summed E-state index contributed by atoms with van der Waals surface area (Å²) in [7, 11) is 0. The minimum atomic E-state index is -0.688. The van der Waals surface area contributed by atoms with E-state index >= 15 is 0 Å². The number of piperidine rings is 1. The summed E-state index contributed by atoms with van der Waals surface area (Å²) in [5, 5.41) is 19.1. The van der Waals surface area contributed by atoms with E-state index in [-0.39, 0.29) is 12.1 Å². The van der Waals surface area contributed by atoms with Gasteiger partial charge in [0.1, 0.15) is 6.04 Å². The molecule has 3 unspecified atom stereocenters. The summed E-state index contributed by atoms with van der Waals surface area (Å²) in [4.78, 5) is 13.6. The zero-order valence-electron chi connectivity index (χ0n) is 10.5. The highest BCUT2D eigenvalue weighted by Gasteiger charge is 2.45. The lowest BCUT2D eigenvalue weighted by molar-refractivity contribution is -0.146. The molecule has 2 rings (SSSR count). The van der Waals surface area contributed by atoms with Crippen LogP contribution >= 0.6 is 0 Å². The molecule has 2 saturated heterocycles. The Hall–Kier alpha value is -0.610. The zero-order chi connectivity index (χ0) is 12.4. The van der Waals surface area contributed by atoms with Crippen molar-refractivity contribution in [1.29, 1.82) is 0 Å². The molecule has 2 aliphatic rings. The highest BCUT2D eigenvalue weighted by Crippen LogP contribution is 2.38. The molecule has 17 heavy (non-hydrogen) atoms. The van der Waals surface area contributed by atoms with Crippen LogP contribution < -0.4 is 0 Å². The van der Waals surface area contributed by atoms with Crippen LogP contribution in [0.25, 0.3) is 0 Å². The number of unbranched alkanes of at least 4 members (excludes halogenated alkanes) is 1. The van der Waals surface area contributed by atoms with E-state index in [0.29, 0.717) is 12.1 Å². The summed E-state index contributed by atoms with van der Waals surface area (Å²) in [5.41, 5.74) is 0. The smallest absolute Gasteiger partial charge is 0.320 e. The largest absolute Gasteiger partial charge is 0.480 e. The average molecular weight is 241 g/mol. The van der Waals surface area contributed by atoms with Crippen LogP contribution in [0, 0.1) is 0 Å². The number of rotatable bonds is 5. The van der Waals surface area contributed by atoms with E-state index < -0.39 is 5.97 Å². The molecule has 2 aliphatic heterocycles. The number of carbonyl (C=O) groups is 1. The van der Waals surface area contributed by atoms with Gasteiger partial charge in [-0.1, -0.05) is 19.8 Å². The molecule has 2 fully saturated rings. The SMILES string of the molecule is CCCCC(C(=O)O)N1C2CCC1CC(O)C2. The van der Waals surface area contributed by atoms with Crippen LogP contribution in [0.1, 0.15) is 51.9 Å². The molecule has 2 heterocycles.